The molecular weight excluding hydrogens is 343 g/mol. The molecule has 1 aromatic carbocycles. The molecule has 3 rings (SSSR count). The predicted molar refractivity (Wildman–Crippen MR) is 94.0 cm³/mol. The molecule has 1 aliphatic heterocycles. The molecule has 1 unspecified atom stereocenters. The molecule has 4 nitrogen and oxygen atoms in total. The van der Waals surface area contributed by atoms with Gasteiger partial charge in [0.05, 0.1) is 17.3 Å². The van der Waals surface area contributed by atoms with Gasteiger partial charge in [0.1, 0.15) is 0 Å². The fraction of sp³-hybridized carbons (Fsp3) is 0.421. The van der Waals surface area contributed by atoms with E-state index in [0.717, 1.165) is 30.3 Å². The summed E-state index contributed by atoms with van der Waals surface area (Å²) in [5.74, 6) is 0. The number of amides is 2. The topological polar surface area (TPSA) is 37.3 Å². The van der Waals surface area contributed by atoms with E-state index < -0.39 is 17.8 Å². The molecule has 1 aliphatic rings. The van der Waals surface area contributed by atoms with E-state index in [0.29, 0.717) is 13.1 Å². The normalized spacial score (nSPS) is 17.1. The minimum Gasteiger partial charge on any atom is -0.345 e. The molecule has 0 aliphatic carbocycles. The molecule has 0 radical (unpaired) electrons. The maximum atomic E-state index is 13.2. The summed E-state index contributed by atoms with van der Waals surface area (Å²) in [6.07, 6.45) is -2.88. The number of nitrogens with one attached hydrogen (secondary N) is 1. The number of benzene rings is 1. The number of anilines is 1. The van der Waals surface area contributed by atoms with Gasteiger partial charge in [-0.1, -0.05) is 25.5 Å². The van der Waals surface area contributed by atoms with Gasteiger partial charge in [-0.2, -0.15) is 13.2 Å². The number of carbonyl (C=O) groups is 1. The van der Waals surface area contributed by atoms with Gasteiger partial charge in [0.2, 0.25) is 0 Å². The lowest BCUT2D eigenvalue weighted by molar-refractivity contribution is -0.136. The minimum atomic E-state index is -4.51. The van der Waals surface area contributed by atoms with Gasteiger partial charge in [-0.3, -0.25) is 0 Å². The summed E-state index contributed by atoms with van der Waals surface area (Å²) in [5, 5.41) is 2.47. The van der Waals surface area contributed by atoms with Crippen LogP contribution in [0.3, 0.4) is 0 Å². The third kappa shape index (κ3) is 3.43. The highest BCUT2D eigenvalue weighted by Crippen LogP contribution is 2.36. The van der Waals surface area contributed by atoms with Crippen molar-refractivity contribution in [3.05, 3.63) is 53.3 Å². The molecule has 1 atom stereocenters. The van der Waals surface area contributed by atoms with Crippen molar-refractivity contribution < 1.29 is 18.0 Å². The van der Waals surface area contributed by atoms with Crippen LogP contribution in [0.5, 0.6) is 0 Å². The molecule has 0 fully saturated rings. The lowest BCUT2D eigenvalue weighted by atomic mass is 10.0. The number of urea groups is 1. The Morgan fingerprint density at radius 2 is 1.92 bits per heavy atom. The van der Waals surface area contributed by atoms with Crippen LogP contribution in [-0.2, 0) is 12.7 Å². The lowest BCUT2D eigenvalue weighted by Crippen LogP contribution is -2.44. The first-order valence-corrected chi connectivity index (χ1v) is 8.72. The Bertz CT molecular complexity index is 798. The molecule has 0 saturated carbocycles. The molecule has 26 heavy (non-hydrogen) atoms. The highest BCUT2D eigenvalue weighted by atomic mass is 19.4. The minimum absolute atomic E-state index is 0.138. The zero-order chi connectivity index (χ0) is 18.9. The molecule has 140 valence electrons. The van der Waals surface area contributed by atoms with E-state index in [9.17, 15) is 18.0 Å². The lowest BCUT2D eigenvalue weighted by Gasteiger charge is -2.37. The molecule has 0 saturated heterocycles. The smallest absolute Gasteiger partial charge is 0.345 e. The molecule has 2 heterocycles. The summed E-state index contributed by atoms with van der Waals surface area (Å²) in [6.45, 7) is 5.15. The highest BCUT2D eigenvalue weighted by Gasteiger charge is 2.35. The number of carbonyl (C=O) groups excluding carboxylic acids is 1. The van der Waals surface area contributed by atoms with Gasteiger partial charge < -0.3 is 14.8 Å². The Labute approximate surface area is 150 Å². The van der Waals surface area contributed by atoms with Crippen LogP contribution < -0.4 is 5.32 Å². The Kier molecular flexibility index (Phi) is 4.98. The Morgan fingerprint density at radius 3 is 2.62 bits per heavy atom. The third-order valence-corrected chi connectivity index (χ3v) is 4.81. The number of nitrogens with zero attached hydrogens (tertiary/aromatic N) is 2. The Hall–Kier alpha value is -2.44. The van der Waals surface area contributed by atoms with Crippen LogP contribution in [0.2, 0.25) is 0 Å². The van der Waals surface area contributed by atoms with Crippen LogP contribution in [0.4, 0.5) is 23.7 Å². The van der Waals surface area contributed by atoms with Crippen molar-refractivity contribution in [2.24, 2.45) is 0 Å². The van der Waals surface area contributed by atoms with Crippen LogP contribution in [0, 0.1) is 6.92 Å². The Morgan fingerprint density at radius 1 is 1.19 bits per heavy atom. The fourth-order valence-electron chi connectivity index (χ4n) is 3.56. The monoisotopic (exact) mass is 365 g/mol. The summed E-state index contributed by atoms with van der Waals surface area (Å²) in [7, 11) is 0. The van der Waals surface area contributed by atoms with Crippen molar-refractivity contribution in [3.63, 3.8) is 0 Å². The number of halogens is 3. The average molecular weight is 365 g/mol. The number of hydrogen-bond donors (Lipinski definition) is 1. The van der Waals surface area contributed by atoms with E-state index in [2.05, 4.69) is 9.88 Å². The second-order valence-electron chi connectivity index (χ2n) is 6.52. The van der Waals surface area contributed by atoms with E-state index in [1.54, 1.807) is 4.90 Å². The summed E-state index contributed by atoms with van der Waals surface area (Å²) in [5.41, 5.74) is 1.12. The second-order valence-corrected chi connectivity index (χ2v) is 6.52. The quantitative estimate of drug-likeness (QED) is 0.797. The van der Waals surface area contributed by atoms with E-state index >= 15 is 0 Å². The number of rotatable bonds is 3. The number of aryl methyl sites for hydroxylation is 1. The van der Waals surface area contributed by atoms with Crippen LogP contribution >= 0.6 is 0 Å². The second kappa shape index (κ2) is 7.05. The van der Waals surface area contributed by atoms with Crippen molar-refractivity contribution in [2.45, 2.75) is 45.5 Å². The highest BCUT2D eigenvalue weighted by molar-refractivity contribution is 5.90. The molecule has 2 amide bonds. The number of aromatic nitrogens is 1. The zero-order valence-corrected chi connectivity index (χ0v) is 14.8. The van der Waals surface area contributed by atoms with Crippen LogP contribution in [0.1, 0.15) is 42.8 Å². The van der Waals surface area contributed by atoms with Gasteiger partial charge in [-0.05, 0) is 37.6 Å². The number of hydrogen-bond acceptors (Lipinski definition) is 1. The largest absolute Gasteiger partial charge is 0.418 e. The van der Waals surface area contributed by atoms with Crippen LogP contribution in [0.25, 0.3) is 0 Å². The van der Waals surface area contributed by atoms with E-state index in [1.165, 1.54) is 18.2 Å². The van der Waals surface area contributed by atoms with Crippen molar-refractivity contribution in [1.82, 2.24) is 9.47 Å². The maximum absolute atomic E-state index is 13.2. The van der Waals surface area contributed by atoms with Gasteiger partial charge in [-0.25, -0.2) is 4.79 Å². The van der Waals surface area contributed by atoms with Crippen LogP contribution in [0.15, 0.2) is 36.4 Å². The maximum Gasteiger partial charge on any atom is 0.418 e. The summed E-state index contributed by atoms with van der Waals surface area (Å²) >= 11 is 0. The first kappa shape index (κ1) is 18.4. The molecule has 0 bridgehead atoms. The van der Waals surface area contributed by atoms with E-state index in [1.807, 2.05) is 26.0 Å². The number of alkyl halides is 3. The van der Waals surface area contributed by atoms with Gasteiger partial charge in [-0.15, -0.1) is 0 Å². The molecule has 1 N–H and O–H groups in total. The summed E-state index contributed by atoms with van der Waals surface area (Å²) in [6, 6.07) is 8.44. The van der Waals surface area contributed by atoms with E-state index in [-0.39, 0.29) is 11.7 Å². The summed E-state index contributed by atoms with van der Waals surface area (Å²) in [4.78, 5) is 14.4. The van der Waals surface area contributed by atoms with Gasteiger partial charge >= 0.3 is 12.2 Å². The molecule has 7 heteroatoms. The van der Waals surface area contributed by atoms with Crippen molar-refractivity contribution in [3.8, 4) is 0 Å². The number of fused-ring (bicyclic) bond motifs is 1. The van der Waals surface area contributed by atoms with Crippen molar-refractivity contribution >= 4 is 11.7 Å². The molecule has 1 aromatic heterocycles. The van der Waals surface area contributed by atoms with Crippen LogP contribution in [-0.4, -0.2) is 22.0 Å². The van der Waals surface area contributed by atoms with E-state index in [4.69, 9.17) is 0 Å². The average Bonchev–Trinajstić information content (AvgIpc) is 2.96. The fourth-order valence-corrected chi connectivity index (χ4v) is 3.56. The van der Waals surface area contributed by atoms with Gasteiger partial charge in [0.15, 0.2) is 0 Å². The zero-order valence-electron chi connectivity index (χ0n) is 14.8. The van der Waals surface area contributed by atoms with Gasteiger partial charge in [0.25, 0.3) is 0 Å². The SMILES string of the molecule is CCCC1c2ccc(C)n2CCN1C(=O)Nc1ccccc1C(F)(F)F. The predicted octanol–water partition coefficient (Wildman–Crippen LogP) is 5.20. The van der Waals surface area contributed by atoms with Gasteiger partial charge in [0, 0.05) is 24.5 Å². The first-order valence-electron chi connectivity index (χ1n) is 8.72. The third-order valence-electron chi connectivity index (χ3n) is 4.81. The Balaban J connectivity index is 1.86. The van der Waals surface area contributed by atoms with Crippen molar-refractivity contribution in [2.75, 3.05) is 11.9 Å². The van der Waals surface area contributed by atoms with Crippen molar-refractivity contribution in [1.29, 1.82) is 0 Å². The molecule has 0 spiro atoms. The summed E-state index contributed by atoms with van der Waals surface area (Å²) < 4.78 is 41.7. The first-order chi connectivity index (χ1) is 12.3. The standard InChI is InChI=1S/C19H22F3N3O/c1-3-6-16-17-10-9-13(2)24(17)11-12-25(16)18(26)23-15-8-5-4-7-14(15)19(20,21)22/h4-5,7-10,16H,3,6,11-12H2,1-2H3,(H,23,26). The molecular formula is C19H22F3N3O. The molecule has 2 aromatic rings. The number of para-hydroxylation sites is 1.